The van der Waals surface area contributed by atoms with E-state index in [9.17, 15) is 19.5 Å². The maximum Gasteiger partial charge on any atom is 0.310 e. The first-order chi connectivity index (χ1) is 17.4. The molecular weight excluding hydrogens is 478 g/mol. The molecular formula is C27H37N3O5S. The number of carbonyl (C=O) groups excluding carboxylic acids is 3. The fraction of sp³-hybridized carbons (Fsp3) is 0.593. The van der Waals surface area contributed by atoms with Gasteiger partial charge in [0.05, 0.1) is 29.8 Å². The smallest absolute Gasteiger partial charge is 0.310 e. The molecule has 8 nitrogen and oxygen atoms in total. The second-order valence-electron chi connectivity index (χ2n) is 9.49. The van der Waals surface area contributed by atoms with Crippen LogP contribution in [-0.2, 0) is 19.1 Å². The third kappa shape index (κ3) is 4.20. The van der Waals surface area contributed by atoms with Gasteiger partial charge in [0, 0.05) is 42.8 Å². The van der Waals surface area contributed by atoms with Gasteiger partial charge in [0.15, 0.2) is 0 Å². The molecule has 3 aliphatic heterocycles. The number of rotatable bonds is 11. The Morgan fingerprint density at radius 1 is 1.22 bits per heavy atom. The van der Waals surface area contributed by atoms with Crippen LogP contribution in [0.3, 0.4) is 0 Å². The molecule has 0 aliphatic carbocycles. The van der Waals surface area contributed by atoms with Crippen LogP contribution in [0.2, 0.25) is 0 Å². The number of hydrogen-bond donors (Lipinski definition) is 1. The number of aliphatic hydroxyl groups is 1. The van der Waals surface area contributed by atoms with Gasteiger partial charge in [-0.1, -0.05) is 6.08 Å². The number of carbonyl (C=O) groups is 3. The van der Waals surface area contributed by atoms with E-state index in [2.05, 4.69) is 25.3 Å². The van der Waals surface area contributed by atoms with Crippen LogP contribution in [-0.4, -0.2) is 83.2 Å². The van der Waals surface area contributed by atoms with Gasteiger partial charge in [0.2, 0.25) is 5.91 Å². The second kappa shape index (κ2) is 10.8. The first kappa shape index (κ1) is 26.5. The van der Waals surface area contributed by atoms with Gasteiger partial charge < -0.3 is 24.5 Å². The van der Waals surface area contributed by atoms with E-state index in [4.69, 9.17) is 4.74 Å². The van der Waals surface area contributed by atoms with Crippen molar-refractivity contribution in [2.75, 3.05) is 49.2 Å². The summed E-state index contributed by atoms with van der Waals surface area (Å²) in [5.74, 6) is -1.97. The predicted molar refractivity (Wildman–Crippen MR) is 142 cm³/mol. The second-order valence-corrected chi connectivity index (χ2v) is 11.1. The summed E-state index contributed by atoms with van der Waals surface area (Å²) in [5.41, 5.74) is 1.81. The average molecular weight is 516 g/mol. The molecule has 1 aromatic rings. The molecule has 1 N–H and O–H groups in total. The van der Waals surface area contributed by atoms with Crippen molar-refractivity contribution in [3.8, 4) is 0 Å². The van der Waals surface area contributed by atoms with Crippen LogP contribution in [0, 0.1) is 11.8 Å². The molecule has 2 bridgehead atoms. The Kier molecular flexibility index (Phi) is 7.99. The third-order valence-electron chi connectivity index (χ3n) is 7.80. The molecule has 196 valence electrons. The Bertz CT molecular complexity index is 998. The normalized spacial score (nSPS) is 28.2. The molecule has 0 aromatic heterocycles. The molecule has 1 spiro atoms. The fourth-order valence-corrected chi connectivity index (χ4v) is 8.52. The molecule has 0 radical (unpaired) electrons. The molecule has 5 atom stereocenters. The van der Waals surface area contributed by atoms with E-state index in [-0.39, 0.29) is 49.3 Å². The minimum Gasteiger partial charge on any atom is -0.466 e. The predicted octanol–water partition coefficient (Wildman–Crippen LogP) is 2.70. The minimum absolute atomic E-state index is 0.0363. The number of hydrogen-bond acceptors (Lipinski definition) is 7. The first-order valence-electron chi connectivity index (χ1n) is 12.9. The summed E-state index contributed by atoms with van der Waals surface area (Å²) in [5, 5.41) is 9.75. The molecule has 2 amide bonds. The highest BCUT2D eigenvalue weighted by atomic mass is 32.2. The van der Waals surface area contributed by atoms with E-state index in [1.54, 1.807) is 29.7 Å². The molecule has 4 rings (SSSR count). The summed E-state index contributed by atoms with van der Waals surface area (Å²) in [6, 6.07) is 7.10. The monoisotopic (exact) mass is 515 g/mol. The van der Waals surface area contributed by atoms with E-state index in [1.807, 2.05) is 24.3 Å². The highest BCUT2D eigenvalue weighted by molar-refractivity contribution is 8.02. The number of amides is 2. The van der Waals surface area contributed by atoms with Crippen LogP contribution in [0.4, 0.5) is 11.4 Å². The molecule has 9 heteroatoms. The van der Waals surface area contributed by atoms with Crippen molar-refractivity contribution < 1.29 is 24.2 Å². The number of likely N-dealkylation sites (tertiary alicyclic amines) is 1. The van der Waals surface area contributed by atoms with Crippen LogP contribution < -0.4 is 9.80 Å². The molecule has 1 aromatic carbocycles. The maximum absolute atomic E-state index is 14.3. The zero-order valence-electron chi connectivity index (χ0n) is 21.4. The van der Waals surface area contributed by atoms with Crippen LogP contribution in [0.25, 0.3) is 0 Å². The summed E-state index contributed by atoms with van der Waals surface area (Å²) in [4.78, 5) is 46.3. The van der Waals surface area contributed by atoms with E-state index < -0.39 is 22.6 Å². The van der Waals surface area contributed by atoms with Crippen LogP contribution in [0.1, 0.15) is 33.6 Å². The van der Waals surface area contributed by atoms with Crippen molar-refractivity contribution >= 4 is 40.9 Å². The molecule has 3 saturated heterocycles. The van der Waals surface area contributed by atoms with E-state index in [1.165, 1.54) is 4.90 Å². The summed E-state index contributed by atoms with van der Waals surface area (Å²) in [6.07, 6.45) is 3.11. The van der Waals surface area contributed by atoms with Crippen molar-refractivity contribution in [2.24, 2.45) is 11.8 Å². The number of anilines is 2. The average Bonchev–Trinajstić information content (AvgIpc) is 3.52. The van der Waals surface area contributed by atoms with Crippen molar-refractivity contribution in [1.82, 2.24) is 4.90 Å². The van der Waals surface area contributed by atoms with Gasteiger partial charge in [0.1, 0.15) is 6.04 Å². The van der Waals surface area contributed by atoms with Crippen molar-refractivity contribution in [2.45, 2.75) is 49.7 Å². The summed E-state index contributed by atoms with van der Waals surface area (Å²) >= 11 is 1.60. The Hall–Kier alpha value is -2.52. The van der Waals surface area contributed by atoms with Crippen molar-refractivity contribution in [3.05, 3.63) is 36.9 Å². The Balaban J connectivity index is 1.70. The first-order valence-corrected chi connectivity index (χ1v) is 13.8. The zero-order valence-corrected chi connectivity index (χ0v) is 22.2. The molecule has 3 heterocycles. The Morgan fingerprint density at radius 2 is 1.89 bits per heavy atom. The topological polar surface area (TPSA) is 90.4 Å². The van der Waals surface area contributed by atoms with Gasteiger partial charge in [-0.3, -0.25) is 14.4 Å². The maximum atomic E-state index is 14.3. The quantitative estimate of drug-likeness (QED) is 0.358. The van der Waals surface area contributed by atoms with E-state index in [0.29, 0.717) is 6.42 Å². The molecule has 36 heavy (non-hydrogen) atoms. The SMILES string of the molecule is C=CCN(C(=O)C1N(CCO)C(=O)[C@@H]2[C@H](C(=O)OCC)[C@@H]3CCC12S3)c1ccc(N(CC)CC)cc1. The lowest BCUT2D eigenvalue weighted by molar-refractivity contribution is -0.153. The summed E-state index contributed by atoms with van der Waals surface area (Å²) in [6.45, 7) is 11.9. The van der Waals surface area contributed by atoms with E-state index >= 15 is 0 Å². The van der Waals surface area contributed by atoms with Gasteiger partial charge in [-0.2, -0.15) is 0 Å². The fourth-order valence-electron chi connectivity index (χ4n) is 6.32. The minimum atomic E-state index is -0.765. The van der Waals surface area contributed by atoms with Crippen LogP contribution in [0.15, 0.2) is 36.9 Å². The van der Waals surface area contributed by atoms with Gasteiger partial charge in [0.25, 0.3) is 5.91 Å². The van der Waals surface area contributed by atoms with Gasteiger partial charge >= 0.3 is 5.97 Å². The molecule has 0 saturated carbocycles. The standard InChI is InChI=1S/C27H37N3O5S/c1-5-15-29(19-11-9-18(10-12-19)28(6-2)7-3)25(33)23-27-14-13-20(36-27)21(26(34)35-8-4)22(27)24(32)30(23)16-17-31/h5,9-12,20-23,31H,1,6-8,13-17H2,2-4H3/t20-,21+,22-,23?,27?/m0/s1. The number of thioether (sulfide) groups is 1. The van der Waals surface area contributed by atoms with Crippen molar-refractivity contribution in [3.63, 3.8) is 0 Å². The number of esters is 1. The Labute approximate surface area is 217 Å². The van der Waals surface area contributed by atoms with Gasteiger partial charge in [-0.25, -0.2) is 0 Å². The molecule has 2 unspecified atom stereocenters. The van der Waals surface area contributed by atoms with Gasteiger partial charge in [-0.05, 0) is 57.9 Å². The number of aliphatic hydroxyl groups excluding tert-OH is 1. The van der Waals surface area contributed by atoms with Crippen LogP contribution >= 0.6 is 11.8 Å². The summed E-state index contributed by atoms with van der Waals surface area (Å²) in [7, 11) is 0. The van der Waals surface area contributed by atoms with E-state index in [0.717, 1.165) is 30.9 Å². The lowest BCUT2D eigenvalue weighted by atomic mass is 9.71. The number of benzene rings is 1. The zero-order chi connectivity index (χ0) is 26.0. The largest absolute Gasteiger partial charge is 0.466 e. The number of nitrogens with zero attached hydrogens (tertiary/aromatic N) is 3. The lowest BCUT2D eigenvalue weighted by Gasteiger charge is -2.37. The number of fused-ring (bicyclic) bond motifs is 1. The third-order valence-corrected chi connectivity index (χ3v) is 9.75. The highest BCUT2D eigenvalue weighted by Gasteiger charge is 2.74. The van der Waals surface area contributed by atoms with Gasteiger partial charge in [-0.15, -0.1) is 18.3 Å². The lowest BCUT2D eigenvalue weighted by Crippen LogP contribution is -2.55. The van der Waals surface area contributed by atoms with Crippen molar-refractivity contribution in [1.29, 1.82) is 0 Å². The summed E-state index contributed by atoms with van der Waals surface area (Å²) < 4.78 is 4.64. The molecule has 3 fully saturated rings. The number of β-amino-alcohol motifs (C(OH)–C–C–N with tert-alkyl or cyclic N) is 1. The Morgan fingerprint density at radius 3 is 2.47 bits per heavy atom. The highest BCUT2D eigenvalue weighted by Crippen LogP contribution is 2.66. The number of ether oxygens (including phenoxy) is 1. The molecule has 3 aliphatic rings. The van der Waals surface area contributed by atoms with Crippen LogP contribution in [0.5, 0.6) is 0 Å².